The molecule has 2 heterocycles. The fraction of sp³-hybridized carbons (Fsp3) is 0.367. The van der Waals surface area contributed by atoms with E-state index in [1.54, 1.807) is 12.1 Å². The molecule has 0 aromatic heterocycles. The molecule has 2 aliphatic rings. The van der Waals surface area contributed by atoms with E-state index in [4.69, 9.17) is 9.47 Å². The molecule has 0 aliphatic carbocycles. The lowest BCUT2D eigenvalue weighted by molar-refractivity contribution is -0.168. The number of carbonyl (C=O) groups is 1. The van der Waals surface area contributed by atoms with Crippen molar-refractivity contribution in [3.05, 3.63) is 96.1 Å². The van der Waals surface area contributed by atoms with Crippen LogP contribution in [0.1, 0.15) is 15.9 Å². The minimum atomic E-state index is -3.70. The first-order valence-electron chi connectivity index (χ1n) is 13.2. The van der Waals surface area contributed by atoms with Gasteiger partial charge in [-0.2, -0.15) is 0 Å². The molecule has 0 bridgehead atoms. The van der Waals surface area contributed by atoms with Gasteiger partial charge in [-0.1, -0.05) is 60.7 Å². The summed E-state index contributed by atoms with van der Waals surface area (Å²) in [5.74, 6) is 0. The van der Waals surface area contributed by atoms with Crippen molar-refractivity contribution in [3.8, 4) is 0 Å². The van der Waals surface area contributed by atoms with Crippen LogP contribution in [-0.4, -0.2) is 80.9 Å². The molecule has 0 spiro atoms. The highest BCUT2D eigenvalue weighted by Gasteiger charge is 2.48. The molecule has 2 fully saturated rings. The molecule has 38 heavy (non-hydrogen) atoms. The molecule has 3 aromatic carbocycles. The summed E-state index contributed by atoms with van der Waals surface area (Å²) in [5.41, 5.74) is 1.57. The molecule has 2 atom stereocenters. The third kappa shape index (κ3) is 5.35. The Kier molecular flexibility index (Phi) is 8.12. The first kappa shape index (κ1) is 26.8. The Labute approximate surface area is 225 Å². The largest absolute Gasteiger partial charge is 0.378 e. The first-order valence-corrected chi connectivity index (χ1v) is 14.8. The van der Waals surface area contributed by atoms with E-state index in [-0.39, 0.29) is 5.52 Å². The molecule has 0 saturated carbocycles. The van der Waals surface area contributed by atoms with Gasteiger partial charge in [0.2, 0.25) is 12.8 Å². The minimum absolute atomic E-state index is 0.341. The van der Waals surface area contributed by atoms with Crippen molar-refractivity contribution in [3.63, 3.8) is 0 Å². The van der Waals surface area contributed by atoms with Crippen LogP contribution in [0.3, 0.4) is 0 Å². The van der Waals surface area contributed by atoms with E-state index in [0.29, 0.717) is 50.2 Å². The number of carbonyl (C=O) groups excluding carboxylic acids is 1. The van der Waals surface area contributed by atoms with Gasteiger partial charge in [0.05, 0.1) is 19.8 Å². The summed E-state index contributed by atoms with van der Waals surface area (Å²) >= 11 is 0. The van der Waals surface area contributed by atoms with Gasteiger partial charge < -0.3 is 14.4 Å². The van der Waals surface area contributed by atoms with Gasteiger partial charge in [0.15, 0.2) is 0 Å². The maximum atomic E-state index is 15.2. The van der Waals surface area contributed by atoms with Gasteiger partial charge in [-0.3, -0.25) is 14.3 Å². The fourth-order valence-electron chi connectivity index (χ4n) is 5.29. The van der Waals surface area contributed by atoms with Crippen molar-refractivity contribution < 1.29 is 18.8 Å². The lowest BCUT2D eigenvalue weighted by Crippen LogP contribution is -2.60. The Morgan fingerprint density at radius 3 is 2.13 bits per heavy atom. The normalized spacial score (nSPS) is 22.2. The fourth-order valence-corrected chi connectivity index (χ4v) is 7.95. The van der Waals surface area contributed by atoms with Crippen molar-refractivity contribution in [2.24, 2.45) is 0 Å². The summed E-state index contributed by atoms with van der Waals surface area (Å²) in [6.07, 6.45) is 0.618. The van der Waals surface area contributed by atoms with Gasteiger partial charge >= 0.3 is 0 Å². The molecule has 3 aromatic rings. The van der Waals surface area contributed by atoms with E-state index in [1.165, 1.54) is 0 Å². The Morgan fingerprint density at radius 2 is 1.50 bits per heavy atom. The summed E-state index contributed by atoms with van der Waals surface area (Å²) in [7, 11) is 0.260. The number of anilines is 1. The van der Waals surface area contributed by atoms with Crippen LogP contribution in [0.5, 0.6) is 0 Å². The Balaban J connectivity index is 1.52. The van der Waals surface area contributed by atoms with E-state index in [9.17, 15) is 4.79 Å². The van der Waals surface area contributed by atoms with Crippen molar-refractivity contribution in [2.75, 3.05) is 65.0 Å². The second-order valence-electron chi connectivity index (χ2n) is 10.1. The van der Waals surface area contributed by atoms with Crippen LogP contribution in [0, 0.1) is 0 Å². The minimum Gasteiger partial charge on any atom is -0.378 e. The predicted molar refractivity (Wildman–Crippen MR) is 152 cm³/mol. The van der Waals surface area contributed by atoms with Gasteiger partial charge in [0.1, 0.15) is 5.72 Å². The molecular weight excluding hydrogens is 497 g/mol. The Morgan fingerprint density at radius 1 is 0.868 bits per heavy atom. The number of likely N-dealkylation sites (N-methyl/N-ethyl adjacent to an activating group) is 1. The summed E-state index contributed by atoms with van der Waals surface area (Å²) < 4.78 is 29.0. The maximum absolute atomic E-state index is 15.2. The van der Waals surface area contributed by atoms with Crippen LogP contribution in [0.2, 0.25) is 0 Å². The van der Waals surface area contributed by atoms with Gasteiger partial charge in [0, 0.05) is 49.2 Å². The SMILES string of the molecule is CN(C)C1(Cc2ccccc2)CN(P(=O)(C(=O)c2ccccc2)c2ccc(N3CCOCC3)cc2)CCO1. The molecule has 200 valence electrons. The van der Waals surface area contributed by atoms with Gasteiger partial charge in [-0.25, -0.2) is 4.67 Å². The Bertz CT molecular complexity index is 1260. The molecule has 0 amide bonds. The number of benzene rings is 3. The van der Waals surface area contributed by atoms with E-state index in [0.717, 1.165) is 24.3 Å². The number of hydrogen-bond acceptors (Lipinski definition) is 6. The first-order chi connectivity index (χ1) is 18.4. The van der Waals surface area contributed by atoms with Crippen LogP contribution in [0.25, 0.3) is 0 Å². The second-order valence-corrected chi connectivity index (χ2v) is 12.7. The van der Waals surface area contributed by atoms with Crippen molar-refractivity contribution in [1.82, 2.24) is 9.57 Å². The van der Waals surface area contributed by atoms with Crippen LogP contribution in [-0.2, 0) is 20.5 Å². The van der Waals surface area contributed by atoms with Crippen LogP contribution in [0.4, 0.5) is 5.69 Å². The lowest BCUT2D eigenvalue weighted by Gasteiger charge is -2.48. The number of nitrogens with zero attached hydrogens (tertiary/aromatic N) is 3. The Hall–Kier alpha value is -2.80. The van der Waals surface area contributed by atoms with Gasteiger partial charge in [0.25, 0.3) is 0 Å². The smallest absolute Gasteiger partial charge is 0.246 e. The zero-order valence-electron chi connectivity index (χ0n) is 22.2. The maximum Gasteiger partial charge on any atom is 0.246 e. The van der Waals surface area contributed by atoms with E-state index in [2.05, 4.69) is 17.0 Å². The van der Waals surface area contributed by atoms with Gasteiger partial charge in [-0.15, -0.1) is 0 Å². The van der Waals surface area contributed by atoms with E-state index < -0.39 is 13.0 Å². The number of morpholine rings is 2. The number of ether oxygens (including phenoxy) is 2. The molecule has 7 nitrogen and oxygen atoms in total. The second kappa shape index (κ2) is 11.5. The quantitative estimate of drug-likeness (QED) is 0.404. The third-order valence-corrected chi connectivity index (χ3v) is 10.5. The predicted octanol–water partition coefficient (Wildman–Crippen LogP) is 4.10. The summed E-state index contributed by atoms with van der Waals surface area (Å²) in [6.45, 7) is 4.13. The zero-order valence-corrected chi connectivity index (χ0v) is 23.1. The molecular formula is C30H36N3O4P. The average Bonchev–Trinajstić information content (AvgIpc) is 2.98. The molecule has 2 unspecified atom stereocenters. The molecule has 5 rings (SSSR count). The van der Waals surface area contributed by atoms with Crippen LogP contribution in [0.15, 0.2) is 84.9 Å². The number of hydrogen-bond donors (Lipinski definition) is 0. The van der Waals surface area contributed by atoms with Crippen molar-refractivity contribution in [1.29, 1.82) is 0 Å². The number of rotatable bonds is 8. The average molecular weight is 534 g/mol. The van der Waals surface area contributed by atoms with Crippen LogP contribution >= 0.6 is 7.29 Å². The molecule has 0 N–H and O–H groups in total. The highest BCUT2D eigenvalue weighted by Crippen LogP contribution is 2.53. The molecule has 8 heteroatoms. The third-order valence-electron chi connectivity index (χ3n) is 7.56. The van der Waals surface area contributed by atoms with E-state index >= 15 is 4.57 Å². The topological polar surface area (TPSA) is 62.3 Å². The molecule has 2 saturated heterocycles. The molecule has 2 aliphatic heterocycles. The summed E-state index contributed by atoms with van der Waals surface area (Å²) in [4.78, 5) is 18.4. The monoisotopic (exact) mass is 533 g/mol. The van der Waals surface area contributed by atoms with Crippen molar-refractivity contribution >= 4 is 23.8 Å². The highest BCUT2D eigenvalue weighted by atomic mass is 31.2. The summed E-state index contributed by atoms with van der Waals surface area (Å²) in [6, 6.07) is 26.9. The van der Waals surface area contributed by atoms with Crippen molar-refractivity contribution in [2.45, 2.75) is 12.1 Å². The standard InChI is InChI=1S/C30H36N3O4P/c1-31(2)30(23-25-9-5-3-6-10-25)24-33(19-22-37-30)38(35,29(34)26-11-7-4-8-12-26)28-15-13-27(14-16-28)32-17-20-36-21-18-32/h3-16H,17-24H2,1-2H3. The molecule has 0 radical (unpaired) electrons. The van der Waals surface area contributed by atoms with Gasteiger partial charge in [-0.05, 0) is 43.9 Å². The lowest BCUT2D eigenvalue weighted by atomic mass is 10.00. The highest BCUT2D eigenvalue weighted by molar-refractivity contribution is 7.85. The van der Waals surface area contributed by atoms with Crippen LogP contribution < -0.4 is 10.2 Å². The van der Waals surface area contributed by atoms with E-state index in [1.807, 2.05) is 84.3 Å². The summed E-state index contributed by atoms with van der Waals surface area (Å²) in [5, 5.41) is 0.553. The zero-order chi connectivity index (χ0) is 26.6.